The molecule has 1 aliphatic heterocycles. The predicted octanol–water partition coefficient (Wildman–Crippen LogP) is 2.86. The molecule has 1 aromatic heterocycles. The van der Waals surface area contributed by atoms with E-state index in [-0.39, 0.29) is 5.91 Å². The van der Waals surface area contributed by atoms with Crippen molar-refractivity contribution in [2.45, 2.75) is 18.6 Å². The topological polar surface area (TPSA) is 33.5 Å². The minimum atomic E-state index is 0.119. The first-order valence-electron chi connectivity index (χ1n) is 5.88. The van der Waals surface area contributed by atoms with Crippen molar-refractivity contribution >= 4 is 17.7 Å². The highest BCUT2D eigenvalue weighted by Crippen LogP contribution is 2.34. The highest BCUT2D eigenvalue weighted by Gasteiger charge is 2.22. The molecule has 0 N–H and O–H groups in total. The van der Waals surface area contributed by atoms with Gasteiger partial charge < -0.3 is 9.32 Å². The highest BCUT2D eigenvalue weighted by atomic mass is 32.2. The van der Waals surface area contributed by atoms with Gasteiger partial charge in [-0.25, -0.2) is 0 Å². The molecule has 4 heteroatoms. The number of nitrogens with zero attached hydrogens (tertiary/aromatic N) is 1. The van der Waals surface area contributed by atoms with Crippen LogP contribution in [0.4, 0.5) is 0 Å². The van der Waals surface area contributed by atoms with E-state index in [2.05, 4.69) is 0 Å². The molecule has 92 valence electrons. The zero-order chi connectivity index (χ0) is 12.1. The molecule has 0 radical (unpaired) electrons. The molecular weight excluding hydrogens is 234 g/mol. The number of allylic oxidation sites excluding steroid dienone is 1. The van der Waals surface area contributed by atoms with Gasteiger partial charge in [0, 0.05) is 18.8 Å². The number of furan rings is 1. The fraction of sp³-hybridized carbons (Fsp3) is 0.462. The summed E-state index contributed by atoms with van der Waals surface area (Å²) in [5, 5.41) is 0.383. The molecule has 0 spiro atoms. The molecule has 2 rings (SSSR count). The van der Waals surface area contributed by atoms with E-state index in [0.717, 1.165) is 31.0 Å². The van der Waals surface area contributed by atoms with Gasteiger partial charge in [-0.15, -0.1) is 11.8 Å². The second-order valence-electron chi connectivity index (χ2n) is 3.99. The predicted molar refractivity (Wildman–Crippen MR) is 69.9 cm³/mol. The molecule has 17 heavy (non-hydrogen) atoms. The SMILES string of the molecule is C/C=C/C(=O)N1CCSC(c2ccco2)CC1. The average Bonchev–Trinajstić information content (AvgIpc) is 2.74. The van der Waals surface area contributed by atoms with Crippen LogP contribution in [0, 0.1) is 0 Å². The molecule has 1 fully saturated rings. The third kappa shape index (κ3) is 3.16. The van der Waals surface area contributed by atoms with E-state index in [1.54, 1.807) is 18.4 Å². The van der Waals surface area contributed by atoms with Gasteiger partial charge in [0.05, 0.1) is 11.5 Å². The Morgan fingerprint density at radius 2 is 2.47 bits per heavy atom. The van der Waals surface area contributed by atoms with Crippen molar-refractivity contribution in [2.24, 2.45) is 0 Å². The number of amides is 1. The van der Waals surface area contributed by atoms with E-state index in [1.165, 1.54) is 0 Å². The number of thioether (sulfide) groups is 1. The summed E-state index contributed by atoms with van der Waals surface area (Å²) in [4.78, 5) is 13.7. The molecule has 0 saturated carbocycles. The van der Waals surface area contributed by atoms with Crippen molar-refractivity contribution in [3.63, 3.8) is 0 Å². The zero-order valence-electron chi connectivity index (χ0n) is 9.96. The van der Waals surface area contributed by atoms with Gasteiger partial charge >= 0.3 is 0 Å². The van der Waals surface area contributed by atoms with Gasteiger partial charge in [0.15, 0.2) is 0 Å². The van der Waals surface area contributed by atoms with Gasteiger partial charge in [-0.2, -0.15) is 0 Å². The first-order valence-corrected chi connectivity index (χ1v) is 6.92. The monoisotopic (exact) mass is 251 g/mol. The fourth-order valence-corrected chi connectivity index (χ4v) is 3.12. The average molecular weight is 251 g/mol. The molecule has 0 aliphatic carbocycles. The number of rotatable bonds is 2. The largest absolute Gasteiger partial charge is 0.468 e. The molecule has 1 saturated heterocycles. The molecule has 1 atom stereocenters. The molecule has 1 amide bonds. The van der Waals surface area contributed by atoms with Crippen LogP contribution in [0.2, 0.25) is 0 Å². The minimum absolute atomic E-state index is 0.119. The van der Waals surface area contributed by atoms with Crippen molar-refractivity contribution < 1.29 is 9.21 Å². The van der Waals surface area contributed by atoms with E-state index in [1.807, 2.05) is 35.7 Å². The maximum Gasteiger partial charge on any atom is 0.246 e. The summed E-state index contributed by atoms with van der Waals surface area (Å²) in [6.45, 7) is 3.50. The Balaban J connectivity index is 1.96. The Hall–Kier alpha value is -1.16. The quantitative estimate of drug-likeness (QED) is 0.758. The number of hydrogen-bond acceptors (Lipinski definition) is 3. The van der Waals surface area contributed by atoms with Crippen molar-refractivity contribution in [1.82, 2.24) is 4.90 Å². The lowest BCUT2D eigenvalue weighted by Gasteiger charge is -2.17. The van der Waals surface area contributed by atoms with Gasteiger partial charge in [-0.1, -0.05) is 6.08 Å². The summed E-state index contributed by atoms with van der Waals surface area (Å²) in [6, 6.07) is 3.94. The number of carbonyl (C=O) groups is 1. The van der Waals surface area contributed by atoms with Crippen LogP contribution in [0.3, 0.4) is 0 Å². The Kier molecular flexibility index (Phi) is 4.31. The van der Waals surface area contributed by atoms with Crippen LogP contribution in [0.1, 0.15) is 24.4 Å². The second-order valence-corrected chi connectivity index (χ2v) is 5.30. The standard InChI is InChI=1S/C13H17NO2S/c1-2-4-13(15)14-7-6-12(17-10-8-14)11-5-3-9-16-11/h2-5,9,12H,6-8,10H2,1H3/b4-2+. The van der Waals surface area contributed by atoms with E-state index in [4.69, 9.17) is 4.42 Å². The lowest BCUT2D eigenvalue weighted by atomic mass is 10.2. The molecule has 1 aromatic rings. The number of carbonyl (C=O) groups excluding carboxylic acids is 1. The summed E-state index contributed by atoms with van der Waals surface area (Å²) < 4.78 is 5.43. The first-order chi connectivity index (χ1) is 8.31. The van der Waals surface area contributed by atoms with Gasteiger partial charge in [-0.3, -0.25) is 4.79 Å². The molecule has 0 aromatic carbocycles. The molecule has 2 heterocycles. The Morgan fingerprint density at radius 1 is 1.59 bits per heavy atom. The van der Waals surface area contributed by atoms with Crippen LogP contribution >= 0.6 is 11.8 Å². The van der Waals surface area contributed by atoms with Crippen molar-refractivity contribution in [3.05, 3.63) is 36.3 Å². The molecule has 1 unspecified atom stereocenters. The normalized spacial score (nSPS) is 21.7. The molecular formula is C13H17NO2S. The summed E-state index contributed by atoms with van der Waals surface area (Å²) in [6.07, 6.45) is 6.10. The van der Waals surface area contributed by atoms with Gasteiger partial charge in [0.2, 0.25) is 5.91 Å². The summed E-state index contributed by atoms with van der Waals surface area (Å²) in [7, 11) is 0. The summed E-state index contributed by atoms with van der Waals surface area (Å²) >= 11 is 1.87. The van der Waals surface area contributed by atoms with Crippen LogP contribution in [0.15, 0.2) is 35.0 Å². The first kappa shape index (κ1) is 12.3. The fourth-order valence-electron chi connectivity index (χ4n) is 1.94. The highest BCUT2D eigenvalue weighted by molar-refractivity contribution is 7.99. The van der Waals surface area contributed by atoms with Gasteiger partial charge in [0.1, 0.15) is 5.76 Å². The van der Waals surface area contributed by atoms with Crippen molar-refractivity contribution in [1.29, 1.82) is 0 Å². The Labute approximate surface area is 106 Å². The maximum atomic E-state index is 11.8. The smallest absolute Gasteiger partial charge is 0.246 e. The lowest BCUT2D eigenvalue weighted by molar-refractivity contribution is -0.125. The maximum absolute atomic E-state index is 11.8. The zero-order valence-corrected chi connectivity index (χ0v) is 10.8. The lowest BCUT2D eigenvalue weighted by Crippen LogP contribution is -2.31. The van der Waals surface area contributed by atoms with Crippen LogP contribution in [0.5, 0.6) is 0 Å². The van der Waals surface area contributed by atoms with Crippen molar-refractivity contribution in [3.8, 4) is 0 Å². The van der Waals surface area contributed by atoms with E-state index < -0.39 is 0 Å². The molecule has 1 aliphatic rings. The van der Waals surface area contributed by atoms with Crippen LogP contribution < -0.4 is 0 Å². The van der Waals surface area contributed by atoms with Crippen molar-refractivity contribution in [2.75, 3.05) is 18.8 Å². The van der Waals surface area contributed by atoms with Crippen LogP contribution in [-0.4, -0.2) is 29.6 Å². The van der Waals surface area contributed by atoms with E-state index in [9.17, 15) is 4.79 Å². The van der Waals surface area contributed by atoms with E-state index >= 15 is 0 Å². The molecule has 3 nitrogen and oxygen atoms in total. The minimum Gasteiger partial charge on any atom is -0.468 e. The third-order valence-electron chi connectivity index (χ3n) is 2.82. The van der Waals surface area contributed by atoms with Crippen LogP contribution in [-0.2, 0) is 4.79 Å². The second kappa shape index (κ2) is 5.96. The summed E-state index contributed by atoms with van der Waals surface area (Å²) in [5.41, 5.74) is 0. The Bertz CT molecular complexity index is 386. The van der Waals surface area contributed by atoms with Crippen LogP contribution in [0.25, 0.3) is 0 Å². The number of hydrogen-bond donors (Lipinski definition) is 0. The molecule has 0 bridgehead atoms. The summed E-state index contributed by atoms with van der Waals surface area (Å²) in [5.74, 6) is 2.11. The van der Waals surface area contributed by atoms with Gasteiger partial charge in [-0.05, 0) is 31.6 Å². The van der Waals surface area contributed by atoms with Gasteiger partial charge in [0.25, 0.3) is 0 Å². The Morgan fingerprint density at radius 3 is 3.18 bits per heavy atom. The third-order valence-corrected chi connectivity index (χ3v) is 4.11. The van der Waals surface area contributed by atoms with E-state index in [0.29, 0.717) is 5.25 Å².